The average Bonchev–Trinajstić information content (AvgIpc) is 2.42. The van der Waals surface area contributed by atoms with Crippen LogP contribution >= 0.6 is 11.6 Å². The van der Waals surface area contributed by atoms with Crippen molar-refractivity contribution in [1.82, 2.24) is 9.78 Å². The van der Waals surface area contributed by atoms with Gasteiger partial charge in [0.25, 0.3) is 5.56 Å². The molecule has 0 unspecified atom stereocenters. The van der Waals surface area contributed by atoms with Gasteiger partial charge in [-0.2, -0.15) is 5.10 Å². The molecule has 0 saturated heterocycles. The molecule has 20 heavy (non-hydrogen) atoms. The maximum absolute atomic E-state index is 12.1. The van der Waals surface area contributed by atoms with Crippen LogP contribution < -0.4 is 10.9 Å². The fourth-order valence-electron chi connectivity index (χ4n) is 1.84. The summed E-state index contributed by atoms with van der Waals surface area (Å²) in [4.78, 5) is 12.1. The highest BCUT2D eigenvalue weighted by Gasteiger charge is 2.09. The molecule has 0 aliphatic heterocycles. The van der Waals surface area contributed by atoms with Gasteiger partial charge in [-0.25, -0.2) is 4.68 Å². The Hall–Kier alpha value is -2.25. The molecule has 4 nitrogen and oxygen atoms in total. The molecule has 5 heteroatoms. The minimum atomic E-state index is -0.317. The lowest BCUT2D eigenvalue weighted by Gasteiger charge is -2.09. The molecule has 1 N–H and O–H groups in total. The standard InChI is InChI=1S/C15H14ClN3O/c1-3-7-19-15(20)14(13(16)10-18-19)17-9-12-6-4-5-11(2)8-12/h1,4-6,8,10,17H,7,9H2,2H3. The fourth-order valence-corrected chi connectivity index (χ4v) is 2.03. The number of hydrogen-bond acceptors (Lipinski definition) is 3. The molecule has 0 aliphatic carbocycles. The van der Waals surface area contributed by atoms with Gasteiger partial charge in [-0.15, -0.1) is 6.42 Å². The van der Waals surface area contributed by atoms with Gasteiger partial charge in [0.05, 0.1) is 11.2 Å². The van der Waals surface area contributed by atoms with E-state index in [1.54, 1.807) is 0 Å². The van der Waals surface area contributed by atoms with Gasteiger partial charge in [-0.3, -0.25) is 4.79 Å². The third-order valence-corrected chi connectivity index (χ3v) is 3.08. The van der Waals surface area contributed by atoms with Gasteiger partial charge in [0, 0.05) is 6.54 Å². The van der Waals surface area contributed by atoms with Crippen molar-refractivity contribution in [1.29, 1.82) is 0 Å². The van der Waals surface area contributed by atoms with Crippen molar-refractivity contribution in [3.05, 3.63) is 57.0 Å². The Balaban J connectivity index is 2.23. The van der Waals surface area contributed by atoms with E-state index in [2.05, 4.69) is 16.3 Å². The lowest BCUT2D eigenvalue weighted by atomic mass is 10.1. The minimum absolute atomic E-state index is 0.120. The Labute approximate surface area is 122 Å². The summed E-state index contributed by atoms with van der Waals surface area (Å²) < 4.78 is 1.20. The van der Waals surface area contributed by atoms with E-state index in [-0.39, 0.29) is 17.1 Å². The predicted molar refractivity (Wildman–Crippen MR) is 80.8 cm³/mol. The van der Waals surface area contributed by atoms with Crippen LogP contribution in [0.2, 0.25) is 5.02 Å². The number of nitrogens with one attached hydrogen (secondary N) is 1. The molecule has 0 bridgehead atoms. The van der Waals surface area contributed by atoms with Gasteiger partial charge in [0.1, 0.15) is 12.2 Å². The largest absolute Gasteiger partial charge is 0.375 e. The summed E-state index contributed by atoms with van der Waals surface area (Å²) >= 11 is 6.01. The van der Waals surface area contributed by atoms with Gasteiger partial charge >= 0.3 is 0 Å². The zero-order chi connectivity index (χ0) is 14.5. The van der Waals surface area contributed by atoms with Crippen LogP contribution in [0.3, 0.4) is 0 Å². The fraction of sp³-hybridized carbons (Fsp3) is 0.200. The van der Waals surface area contributed by atoms with Crippen molar-refractivity contribution in [2.45, 2.75) is 20.0 Å². The number of benzene rings is 1. The number of halogens is 1. The summed E-state index contributed by atoms with van der Waals surface area (Å²) in [6.45, 7) is 2.65. The second-order valence-electron chi connectivity index (χ2n) is 4.38. The monoisotopic (exact) mass is 287 g/mol. The average molecular weight is 288 g/mol. The predicted octanol–water partition coefficient (Wildman–Crippen LogP) is 2.45. The summed E-state index contributed by atoms with van der Waals surface area (Å²) in [5.41, 5.74) is 2.23. The SMILES string of the molecule is C#CCn1ncc(Cl)c(NCc2cccc(C)c2)c1=O. The van der Waals surface area contributed by atoms with Gasteiger partial charge in [0.15, 0.2) is 0 Å². The molecule has 0 fully saturated rings. The third kappa shape index (κ3) is 3.19. The molecule has 2 aromatic rings. The van der Waals surface area contributed by atoms with Crippen molar-refractivity contribution in [3.63, 3.8) is 0 Å². The van der Waals surface area contributed by atoms with E-state index in [1.165, 1.54) is 10.9 Å². The van der Waals surface area contributed by atoms with Gasteiger partial charge in [-0.1, -0.05) is 47.4 Å². The summed E-state index contributed by atoms with van der Waals surface area (Å²) in [5.74, 6) is 2.38. The van der Waals surface area contributed by atoms with Crippen molar-refractivity contribution >= 4 is 17.3 Å². The topological polar surface area (TPSA) is 46.9 Å². The van der Waals surface area contributed by atoms with Crippen molar-refractivity contribution in [3.8, 4) is 12.3 Å². The summed E-state index contributed by atoms with van der Waals surface area (Å²) in [5, 5.41) is 7.22. The number of aryl methyl sites for hydroxylation is 1. The maximum atomic E-state index is 12.1. The first-order valence-electron chi connectivity index (χ1n) is 6.10. The van der Waals surface area contributed by atoms with Crippen LogP contribution in [-0.4, -0.2) is 9.78 Å². The number of nitrogens with zero attached hydrogens (tertiary/aromatic N) is 2. The molecule has 1 aromatic carbocycles. The van der Waals surface area contributed by atoms with E-state index in [9.17, 15) is 4.79 Å². The first-order valence-corrected chi connectivity index (χ1v) is 6.48. The van der Waals surface area contributed by atoms with Crippen molar-refractivity contribution in [2.75, 3.05) is 5.32 Å². The van der Waals surface area contributed by atoms with Crippen LogP contribution in [0.1, 0.15) is 11.1 Å². The zero-order valence-corrected chi connectivity index (χ0v) is 11.8. The molecule has 0 amide bonds. The van der Waals surface area contributed by atoms with Crippen LogP contribution in [0.15, 0.2) is 35.3 Å². The summed E-state index contributed by atoms with van der Waals surface area (Å²) in [6, 6.07) is 8.01. The lowest BCUT2D eigenvalue weighted by molar-refractivity contribution is 0.664. The second kappa shape index (κ2) is 6.27. The van der Waals surface area contributed by atoms with Crippen LogP contribution in [0, 0.1) is 19.3 Å². The zero-order valence-electron chi connectivity index (χ0n) is 11.1. The Morgan fingerprint density at radius 3 is 3.00 bits per heavy atom. The Kier molecular flexibility index (Phi) is 4.44. The number of hydrogen-bond donors (Lipinski definition) is 1. The molecule has 1 heterocycles. The molecule has 102 valence electrons. The quantitative estimate of drug-likeness (QED) is 0.879. The first-order chi connectivity index (χ1) is 9.61. The van der Waals surface area contributed by atoms with Gasteiger partial charge in [0.2, 0.25) is 0 Å². The molecule has 0 aliphatic rings. The summed E-state index contributed by atoms with van der Waals surface area (Å²) in [7, 11) is 0. The van der Waals surface area contributed by atoms with E-state index < -0.39 is 0 Å². The molecule has 1 aromatic heterocycles. The molecule has 0 spiro atoms. The molecule has 0 atom stereocenters. The van der Waals surface area contributed by atoms with E-state index in [0.29, 0.717) is 12.2 Å². The number of rotatable bonds is 4. The smallest absolute Gasteiger partial charge is 0.292 e. The second-order valence-corrected chi connectivity index (χ2v) is 4.78. The van der Waals surface area contributed by atoms with Crippen molar-refractivity contribution < 1.29 is 0 Å². The van der Waals surface area contributed by atoms with Crippen LogP contribution in [0.5, 0.6) is 0 Å². The highest BCUT2D eigenvalue weighted by Crippen LogP contribution is 2.16. The van der Waals surface area contributed by atoms with Crippen LogP contribution in [0.25, 0.3) is 0 Å². The molecular weight excluding hydrogens is 274 g/mol. The van der Waals surface area contributed by atoms with E-state index in [1.807, 2.05) is 31.2 Å². The highest BCUT2D eigenvalue weighted by atomic mass is 35.5. The normalized spacial score (nSPS) is 10.1. The highest BCUT2D eigenvalue weighted by molar-refractivity contribution is 6.32. The van der Waals surface area contributed by atoms with Crippen molar-refractivity contribution in [2.24, 2.45) is 0 Å². The van der Waals surface area contributed by atoms with Gasteiger partial charge < -0.3 is 5.32 Å². The lowest BCUT2D eigenvalue weighted by Crippen LogP contribution is -2.25. The van der Waals surface area contributed by atoms with E-state index >= 15 is 0 Å². The summed E-state index contributed by atoms with van der Waals surface area (Å²) in [6.07, 6.45) is 6.61. The minimum Gasteiger partial charge on any atom is -0.375 e. The molecule has 0 radical (unpaired) electrons. The number of aromatic nitrogens is 2. The van der Waals surface area contributed by atoms with Crippen LogP contribution in [0.4, 0.5) is 5.69 Å². The molecule has 0 saturated carbocycles. The number of terminal acetylenes is 1. The Morgan fingerprint density at radius 2 is 2.30 bits per heavy atom. The van der Waals surface area contributed by atoms with Crippen LogP contribution in [-0.2, 0) is 13.1 Å². The third-order valence-electron chi connectivity index (χ3n) is 2.79. The van der Waals surface area contributed by atoms with E-state index in [0.717, 1.165) is 11.1 Å². The van der Waals surface area contributed by atoms with E-state index in [4.69, 9.17) is 18.0 Å². The Bertz CT molecular complexity index is 716. The maximum Gasteiger partial charge on any atom is 0.292 e. The van der Waals surface area contributed by atoms with Gasteiger partial charge in [-0.05, 0) is 12.5 Å². The molecule has 2 rings (SSSR count). The molecular formula is C15H14ClN3O. The number of anilines is 1. The first kappa shape index (κ1) is 14.2. The Morgan fingerprint density at radius 1 is 1.50 bits per heavy atom.